The van der Waals surface area contributed by atoms with Crippen molar-refractivity contribution in [1.82, 2.24) is 0 Å². The van der Waals surface area contributed by atoms with Crippen LogP contribution < -0.4 is 4.74 Å². The van der Waals surface area contributed by atoms with Crippen molar-refractivity contribution < 1.29 is 47.6 Å². The molecule has 0 bridgehead atoms. The van der Waals surface area contributed by atoms with Gasteiger partial charge in [0.05, 0.1) is 5.02 Å². The Bertz CT molecular complexity index is 907. The third-order valence-electron chi connectivity index (χ3n) is 4.39. The van der Waals surface area contributed by atoms with Crippen LogP contribution in [0.4, 0.5) is 0 Å². The normalized spacial score (nSPS) is 25.4. The summed E-state index contributed by atoms with van der Waals surface area (Å²) < 4.78 is 33.9. The monoisotopic (exact) mass is 550 g/mol. The minimum Gasteiger partial charge on any atom is -0.460 e. The van der Waals surface area contributed by atoms with E-state index in [2.05, 4.69) is 15.9 Å². The fraction of sp³-hybridized carbons (Fsp3) is 0.524. The average Bonchev–Trinajstić information content (AvgIpc) is 2.66. The molecule has 0 saturated carbocycles. The van der Waals surface area contributed by atoms with Gasteiger partial charge in [0.25, 0.3) is 0 Å². The second-order valence-electron chi connectivity index (χ2n) is 7.20. The van der Waals surface area contributed by atoms with Crippen LogP contribution in [0, 0.1) is 0 Å². The number of carbonyl (C=O) groups is 4. The van der Waals surface area contributed by atoms with Crippen molar-refractivity contribution in [2.45, 2.75) is 71.4 Å². The van der Waals surface area contributed by atoms with Gasteiger partial charge in [-0.15, -0.1) is 0 Å². The molecule has 0 N–H and O–H groups in total. The van der Waals surface area contributed by atoms with Gasteiger partial charge < -0.3 is 28.4 Å². The highest BCUT2D eigenvalue weighted by Gasteiger charge is 2.55. The summed E-state index contributed by atoms with van der Waals surface area (Å²) in [5.74, 6) is -2.64. The van der Waals surface area contributed by atoms with Crippen LogP contribution in [0.2, 0.25) is 5.02 Å². The predicted molar refractivity (Wildman–Crippen MR) is 116 cm³/mol. The molecular formula is C21H24BrClO10. The van der Waals surface area contributed by atoms with Gasteiger partial charge in [0.1, 0.15) is 18.0 Å². The number of esters is 4. The first-order valence-corrected chi connectivity index (χ1v) is 11.0. The van der Waals surface area contributed by atoms with Crippen LogP contribution in [-0.2, 0) is 42.9 Å². The van der Waals surface area contributed by atoms with Crippen molar-refractivity contribution in [2.24, 2.45) is 0 Å². The molecule has 10 nitrogen and oxygen atoms in total. The maximum absolute atomic E-state index is 11.9. The molecule has 0 radical (unpaired) electrons. The van der Waals surface area contributed by atoms with Crippen molar-refractivity contribution in [2.75, 3.05) is 0 Å². The zero-order valence-electron chi connectivity index (χ0n) is 18.5. The van der Waals surface area contributed by atoms with Gasteiger partial charge in [-0.3, -0.25) is 19.2 Å². The second kappa shape index (κ2) is 11.7. The van der Waals surface area contributed by atoms with Gasteiger partial charge in [-0.25, -0.2) is 0 Å². The third kappa shape index (κ3) is 7.58. The molecule has 1 fully saturated rings. The van der Waals surface area contributed by atoms with Crippen molar-refractivity contribution in [3.63, 3.8) is 0 Å². The standard InChI is InChI=1S/C21H24BrClO10/c1-9(28-10(2)24)17-18(29-11(3)25)19(30-12(4)26)20(31-13(5)27)21(33-17)32-16-7-6-14(22)8-15(16)23/h6-9,17-21H,1-5H3/t9-,17+,18+,19-,20-,21-/m0/s1. The summed E-state index contributed by atoms with van der Waals surface area (Å²) in [6.07, 6.45) is -7.46. The smallest absolute Gasteiger partial charge is 0.303 e. The van der Waals surface area contributed by atoms with E-state index in [-0.39, 0.29) is 10.8 Å². The zero-order chi connectivity index (χ0) is 24.9. The Kier molecular flexibility index (Phi) is 9.50. The van der Waals surface area contributed by atoms with Gasteiger partial charge in [0, 0.05) is 32.2 Å². The molecule has 1 aliphatic heterocycles. The third-order valence-corrected chi connectivity index (χ3v) is 5.18. The van der Waals surface area contributed by atoms with Gasteiger partial charge in [-0.1, -0.05) is 27.5 Å². The molecule has 0 aliphatic carbocycles. The molecule has 0 unspecified atom stereocenters. The van der Waals surface area contributed by atoms with Crippen molar-refractivity contribution in [3.8, 4) is 5.75 Å². The van der Waals surface area contributed by atoms with Crippen LogP contribution in [-0.4, -0.2) is 60.7 Å². The molecule has 12 heteroatoms. The van der Waals surface area contributed by atoms with Crippen molar-refractivity contribution >= 4 is 51.4 Å². The second-order valence-corrected chi connectivity index (χ2v) is 8.52. The van der Waals surface area contributed by atoms with Gasteiger partial charge >= 0.3 is 23.9 Å². The number of ether oxygens (including phenoxy) is 6. The number of rotatable bonds is 7. The average molecular weight is 552 g/mol. The molecular weight excluding hydrogens is 528 g/mol. The lowest BCUT2D eigenvalue weighted by atomic mass is 9.94. The highest BCUT2D eigenvalue weighted by molar-refractivity contribution is 9.10. The van der Waals surface area contributed by atoms with Gasteiger partial charge in [-0.05, 0) is 25.1 Å². The minimum absolute atomic E-state index is 0.174. The van der Waals surface area contributed by atoms with E-state index in [1.807, 2.05) is 0 Å². The largest absolute Gasteiger partial charge is 0.460 e. The summed E-state index contributed by atoms with van der Waals surface area (Å²) in [5.41, 5.74) is 0. The Labute approximate surface area is 203 Å². The van der Waals surface area contributed by atoms with Gasteiger partial charge in [0.2, 0.25) is 12.4 Å². The molecule has 182 valence electrons. The van der Waals surface area contributed by atoms with Crippen LogP contribution >= 0.6 is 27.5 Å². The Hall–Kier alpha value is -2.37. The number of benzene rings is 1. The van der Waals surface area contributed by atoms with Gasteiger partial charge in [0.15, 0.2) is 12.2 Å². The van der Waals surface area contributed by atoms with Gasteiger partial charge in [-0.2, -0.15) is 0 Å². The summed E-state index contributed by atoms with van der Waals surface area (Å²) in [5, 5.41) is 0.213. The van der Waals surface area contributed by atoms with E-state index < -0.39 is 60.7 Å². The number of hydrogen-bond acceptors (Lipinski definition) is 10. The van der Waals surface area contributed by atoms with E-state index >= 15 is 0 Å². The summed E-state index contributed by atoms with van der Waals surface area (Å²) >= 11 is 9.54. The summed E-state index contributed by atoms with van der Waals surface area (Å²) in [4.78, 5) is 47.1. The van der Waals surface area contributed by atoms with Crippen LogP contribution in [0.1, 0.15) is 34.6 Å². The Morgan fingerprint density at radius 3 is 1.97 bits per heavy atom. The summed E-state index contributed by atoms with van der Waals surface area (Å²) in [7, 11) is 0. The van der Waals surface area contributed by atoms with Crippen LogP contribution in [0.3, 0.4) is 0 Å². The topological polar surface area (TPSA) is 124 Å². The highest BCUT2D eigenvalue weighted by atomic mass is 79.9. The zero-order valence-corrected chi connectivity index (χ0v) is 20.9. The fourth-order valence-electron chi connectivity index (χ4n) is 3.30. The lowest BCUT2D eigenvalue weighted by Gasteiger charge is -2.45. The Morgan fingerprint density at radius 2 is 1.45 bits per heavy atom. The first kappa shape index (κ1) is 26.9. The quantitative estimate of drug-likeness (QED) is 0.369. The highest BCUT2D eigenvalue weighted by Crippen LogP contribution is 2.35. The molecule has 6 atom stereocenters. The van der Waals surface area contributed by atoms with Crippen molar-refractivity contribution in [3.05, 3.63) is 27.7 Å². The lowest BCUT2D eigenvalue weighted by Crippen LogP contribution is -2.65. The molecule has 1 aliphatic rings. The van der Waals surface area contributed by atoms with E-state index in [1.54, 1.807) is 18.2 Å². The molecule has 0 aromatic heterocycles. The SMILES string of the molecule is CC(=O)O[C@H]1[C@H](OC(C)=O)[C@@H]([C@H](C)OC(C)=O)O[C@H](Oc2ccc(Br)cc2Cl)[C@H]1OC(C)=O. The number of carbonyl (C=O) groups excluding carboxylic acids is 4. The van der Waals surface area contributed by atoms with Crippen LogP contribution in [0.5, 0.6) is 5.75 Å². The molecule has 0 spiro atoms. The molecule has 2 rings (SSSR count). The Balaban J connectivity index is 2.54. The molecule has 33 heavy (non-hydrogen) atoms. The molecule has 1 aromatic rings. The van der Waals surface area contributed by atoms with E-state index in [9.17, 15) is 19.2 Å². The van der Waals surface area contributed by atoms with E-state index in [4.69, 9.17) is 40.0 Å². The maximum atomic E-state index is 11.9. The molecule has 1 saturated heterocycles. The molecule has 0 amide bonds. The summed E-state index contributed by atoms with van der Waals surface area (Å²) in [6.45, 7) is 6.12. The Morgan fingerprint density at radius 1 is 0.909 bits per heavy atom. The predicted octanol–water partition coefficient (Wildman–Crippen LogP) is 2.95. The van der Waals surface area contributed by atoms with Crippen LogP contribution in [0.15, 0.2) is 22.7 Å². The number of hydrogen-bond donors (Lipinski definition) is 0. The van der Waals surface area contributed by atoms with Crippen LogP contribution in [0.25, 0.3) is 0 Å². The number of halogens is 2. The van der Waals surface area contributed by atoms with E-state index in [0.717, 1.165) is 20.8 Å². The van der Waals surface area contributed by atoms with E-state index in [0.29, 0.717) is 4.47 Å². The summed E-state index contributed by atoms with van der Waals surface area (Å²) in [6, 6.07) is 4.78. The first-order valence-electron chi connectivity index (χ1n) is 9.85. The lowest BCUT2D eigenvalue weighted by molar-refractivity contribution is -0.296. The first-order chi connectivity index (χ1) is 15.4. The maximum Gasteiger partial charge on any atom is 0.303 e. The minimum atomic E-state index is -1.37. The van der Waals surface area contributed by atoms with Crippen molar-refractivity contribution in [1.29, 1.82) is 0 Å². The fourth-order valence-corrected chi connectivity index (χ4v) is 4.02. The molecule has 1 aromatic carbocycles. The van der Waals surface area contributed by atoms with E-state index in [1.165, 1.54) is 13.8 Å². The molecule has 1 heterocycles.